The number of carbonyl (C=O) groups is 2. The molecule has 1 aliphatic carbocycles. The van der Waals surface area contributed by atoms with Gasteiger partial charge in [-0.1, -0.05) is 28.1 Å². The van der Waals surface area contributed by atoms with Gasteiger partial charge >= 0.3 is 5.97 Å². The monoisotopic (exact) mass is 395 g/mol. The molecule has 1 aromatic carbocycles. The average Bonchev–Trinajstić information content (AvgIpc) is 3.37. The Morgan fingerprint density at radius 3 is 2.46 bits per heavy atom. The molecule has 1 atom stereocenters. The van der Waals surface area contributed by atoms with Crippen LogP contribution in [0.3, 0.4) is 0 Å². The van der Waals surface area contributed by atoms with Crippen molar-refractivity contribution in [3.63, 3.8) is 0 Å². The fourth-order valence-electron chi connectivity index (χ4n) is 3.76. The number of aliphatic carboxylic acids is 1. The molecule has 0 radical (unpaired) electrons. The predicted octanol–water partition coefficient (Wildman–Crippen LogP) is 2.82. The van der Waals surface area contributed by atoms with Gasteiger partial charge in [0.15, 0.2) is 0 Å². The van der Waals surface area contributed by atoms with Crippen LogP contribution in [0.1, 0.15) is 31.2 Å². The lowest BCUT2D eigenvalue weighted by Gasteiger charge is -2.40. The van der Waals surface area contributed by atoms with Crippen molar-refractivity contribution in [2.75, 3.05) is 26.8 Å². The van der Waals surface area contributed by atoms with E-state index in [0.717, 1.165) is 22.9 Å². The van der Waals surface area contributed by atoms with Crippen LogP contribution in [0, 0.1) is 5.41 Å². The zero-order chi connectivity index (χ0) is 17.4. The highest BCUT2D eigenvalue weighted by Gasteiger charge is 2.55. The second-order valence-corrected chi connectivity index (χ2v) is 7.85. The van der Waals surface area contributed by atoms with Gasteiger partial charge in [-0.15, -0.1) is 0 Å². The summed E-state index contributed by atoms with van der Waals surface area (Å²) in [6, 6.07) is 7.87. The van der Waals surface area contributed by atoms with E-state index >= 15 is 0 Å². The van der Waals surface area contributed by atoms with E-state index in [1.807, 2.05) is 24.3 Å². The van der Waals surface area contributed by atoms with Crippen molar-refractivity contribution in [3.05, 3.63) is 34.3 Å². The molecule has 1 aliphatic heterocycles. The van der Waals surface area contributed by atoms with E-state index in [1.54, 1.807) is 4.90 Å². The molecule has 1 amide bonds. The Morgan fingerprint density at radius 2 is 1.92 bits per heavy atom. The van der Waals surface area contributed by atoms with E-state index in [9.17, 15) is 14.7 Å². The maximum absolute atomic E-state index is 13.2. The molecule has 0 bridgehead atoms. The van der Waals surface area contributed by atoms with Gasteiger partial charge in [0, 0.05) is 24.7 Å². The highest BCUT2D eigenvalue weighted by atomic mass is 79.9. The first-order chi connectivity index (χ1) is 11.4. The van der Waals surface area contributed by atoms with Gasteiger partial charge in [-0.2, -0.15) is 0 Å². The minimum atomic E-state index is -0.988. The van der Waals surface area contributed by atoms with Crippen molar-refractivity contribution >= 4 is 27.8 Å². The summed E-state index contributed by atoms with van der Waals surface area (Å²) in [5.74, 6) is -0.818. The molecule has 130 valence electrons. The number of carboxylic acids is 1. The minimum Gasteiger partial charge on any atom is -0.481 e. The molecule has 1 unspecified atom stereocenters. The summed E-state index contributed by atoms with van der Waals surface area (Å²) in [5.41, 5.74) is -0.428. The minimum absolute atomic E-state index is 0.0613. The van der Waals surface area contributed by atoms with Gasteiger partial charge in [0.05, 0.1) is 12.0 Å². The third-order valence-electron chi connectivity index (χ3n) is 5.29. The normalized spacial score (nSPS) is 25.3. The van der Waals surface area contributed by atoms with Crippen molar-refractivity contribution in [2.24, 2.45) is 5.41 Å². The zero-order valence-electron chi connectivity index (χ0n) is 13.8. The summed E-state index contributed by atoms with van der Waals surface area (Å²) < 4.78 is 6.13. The molecular formula is C18H22BrNO4. The van der Waals surface area contributed by atoms with Crippen LogP contribution in [-0.2, 0) is 19.7 Å². The van der Waals surface area contributed by atoms with Crippen molar-refractivity contribution in [1.82, 2.24) is 4.90 Å². The Hall–Kier alpha value is -1.40. The number of methoxy groups -OCH3 is 1. The van der Waals surface area contributed by atoms with Crippen LogP contribution >= 0.6 is 15.9 Å². The number of likely N-dealkylation sites (tertiary alicyclic amines) is 1. The number of hydrogen-bond acceptors (Lipinski definition) is 3. The molecule has 0 spiro atoms. The molecule has 5 nitrogen and oxygen atoms in total. The van der Waals surface area contributed by atoms with Crippen LogP contribution < -0.4 is 0 Å². The summed E-state index contributed by atoms with van der Waals surface area (Å²) >= 11 is 3.42. The Kier molecular flexibility index (Phi) is 4.71. The number of rotatable bonds is 5. The third kappa shape index (κ3) is 2.97. The quantitative estimate of drug-likeness (QED) is 0.831. The molecule has 6 heteroatoms. The molecule has 1 saturated heterocycles. The van der Waals surface area contributed by atoms with E-state index in [4.69, 9.17) is 4.74 Å². The lowest BCUT2D eigenvalue weighted by molar-refractivity contribution is -0.159. The SMILES string of the molecule is COCC1(C(=O)O)CCCN(C(=O)C2(c3ccc(Br)cc3)CC2)C1. The van der Waals surface area contributed by atoms with E-state index < -0.39 is 16.8 Å². The van der Waals surface area contributed by atoms with Crippen molar-refractivity contribution < 1.29 is 19.4 Å². The maximum Gasteiger partial charge on any atom is 0.313 e. The van der Waals surface area contributed by atoms with Crippen LogP contribution in [0.25, 0.3) is 0 Å². The summed E-state index contributed by atoms with van der Waals surface area (Å²) in [7, 11) is 1.51. The number of piperidine rings is 1. The van der Waals surface area contributed by atoms with Crippen LogP contribution in [0.2, 0.25) is 0 Å². The molecule has 2 aliphatic rings. The summed E-state index contributed by atoms with van der Waals surface area (Å²) in [6.45, 7) is 0.987. The van der Waals surface area contributed by atoms with Gasteiger partial charge in [-0.05, 0) is 43.4 Å². The largest absolute Gasteiger partial charge is 0.481 e. The van der Waals surface area contributed by atoms with E-state index in [0.29, 0.717) is 19.4 Å². The number of amides is 1. The second kappa shape index (κ2) is 6.48. The molecule has 3 rings (SSSR count). The third-order valence-corrected chi connectivity index (χ3v) is 5.82. The first-order valence-electron chi connectivity index (χ1n) is 8.21. The summed E-state index contributed by atoms with van der Waals surface area (Å²) in [4.78, 5) is 26.7. The van der Waals surface area contributed by atoms with Crippen molar-refractivity contribution in [2.45, 2.75) is 31.1 Å². The molecule has 1 N–H and O–H groups in total. The summed E-state index contributed by atoms with van der Waals surface area (Å²) in [6.07, 6.45) is 2.89. The van der Waals surface area contributed by atoms with Gasteiger partial charge in [-0.3, -0.25) is 9.59 Å². The number of halogens is 1. The van der Waals surface area contributed by atoms with Crippen LogP contribution in [0.15, 0.2) is 28.7 Å². The number of carboxylic acid groups (broad SMARTS) is 1. The number of carbonyl (C=O) groups excluding carboxylic acids is 1. The molecule has 1 saturated carbocycles. The van der Waals surface area contributed by atoms with Gasteiger partial charge in [0.25, 0.3) is 0 Å². The lowest BCUT2D eigenvalue weighted by atomic mass is 9.79. The van der Waals surface area contributed by atoms with Crippen molar-refractivity contribution in [1.29, 1.82) is 0 Å². The first kappa shape index (κ1) is 17.4. The molecule has 0 aromatic heterocycles. The highest BCUT2D eigenvalue weighted by Crippen LogP contribution is 2.50. The van der Waals surface area contributed by atoms with E-state index in [1.165, 1.54) is 7.11 Å². The topological polar surface area (TPSA) is 66.8 Å². The Balaban J connectivity index is 1.82. The number of benzene rings is 1. The Bertz CT molecular complexity index is 637. The average molecular weight is 396 g/mol. The van der Waals surface area contributed by atoms with E-state index in [2.05, 4.69) is 15.9 Å². The number of hydrogen-bond donors (Lipinski definition) is 1. The van der Waals surface area contributed by atoms with Gasteiger partial charge in [0.1, 0.15) is 5.41 Å². The smallest absolute Gasteiger partial charge is 0.313 e. The highest BCUT2D eigenvalue weighted by molar-refractivity contribution is 9.10. The van der Waals surface area contributed by atoms with Crippen LogP contribution in [0.5, 0.6) is 0 Å². The molecular weight excluding hydrogens is 374 g/mol. The zero-order valence-corrected chi connectivity index (χ0v) is 15.3. The van der Waals surface area contributed by atoms with Crippen molar-refractivity contribution in [3.8, 4) is 0 Å². The van der Waals surface area contributed by atoms with Gasteiger partial charge in [-0.25, -0.2) is 0 Å². The number of ether oxygens (including phenoxy) is 1. The predicted molar refractivity (Wildman–Crippen MR) is 92.8 cm³/mol. The number of nitrogens with zero attached hydrogens (tertiary/aromatic N) is 1. The molecule has 2 fully saturated rings. The maximum atomic E-state index is 13.2. The van der Waals surface area contributed by atoms with Crippen LogP contribution in [0.4, 0.5) is 0 Å². The molecule has 1 aromatic rings. The van der Waals surface area contributed by atoms with E-state index in [-0.39, 0.29) is 19.1 Å². The van der Waals surface area contributed by atoms with Gasteiger partial charge < -0.3 is 14.7 Å². The fraction of sp³-hybridized carbons (Fsp3) is 0.556. The Morgan fingerprint density at radius 1 is 1.25 bits per heavy atom. The lowest BCUT2D eigenvalue weighted by Crippen LogP contribution is -2.54. The molecule has 1 heterocycles. The second-order valence-electron chi connectivity index (χ2n) is 6.94. The van der Waals surface area contributed by atoms with Crippen LogP contribution in [-0.4, -0.2) is 48.7 Å². The summed E-state index contributed by atoms with van der Waals surface area (Å²) in [5, 5.41) is 9.66. The standard InChI is InChI=1S/C18H22BrNO4/c1-24-12-17(16(22)23)7-2-10-20(11-17)15(21)18(8-9-18)13-3-5-14(19)6-4-13/h3-6H,2,7-12H2,1H3,(H,22,23). The molecule has 24 heavy (non-hydrogen) atoms. The first-order valence-corrected chi connectivity index (χ1v) is 9.01. The fourth-order valence-corrected chi connectivity index (χ4v) is 4.02. The Labute approximate surface area is 150 Å². The van der Waals surface area contributed by atoms with Gasteiger partial charge in [0.2, 0.25) is 5.91 Å².